The Labute approximate surface area is 199 Å². The Kier molecular flexibility index (Phi) is 9.07. The van der Waals surface area contributed by atoms with Crippen LogP contribution < -0.4 is 5.32 Å². The summed E-state index contributed by atoms with van der Waals surface area (Å²) < 4.78 is 0. The third-order valence-corrected chi connectivity index (χ3v) is 6.81. The fourth-order valence-corrected chi connectivity index (χ4v) is 4.72. The fraction of sp³-hybridized carbons (Fsp3) is 0.500. The van der Waals surface area contributed by atoms with E-state index in [-0.39, 0.29) is 11.8 Å². The molecule has 1 N–H and O–H groups in total. The molecule has 1 aliphatic rings. The molecule has 1 heterocycles. The maximum atomic E-state index is 13.1. The number of nitrogens with one attached hydrogen (secondary N) is 1. The van der Waals surface area contributed by atoms with Crippen molar-refractivity contribution in [2.45, 2.75) is 65.3 Å². The second kappa shape index (κ2) is 12.0. The molecule has 0 bridgehead atoms. The SMILES string of the molecule is CCC(=O)Nc1c(C)cc(C(=O)N2CCC(N(C)CCCCc3ccccc3)CC2)cc1C. The van der Waals surface area contributed by atoms with E-state index in [1.807, 2.05) is 37.8 Å². The van der Waals surface area contributed by atoms with Crippen LogP contribution in [0.3, 0.4) is 0 Å². The number of likely N-dealkylation sites (tertiary alicyclic amines) is 1. The molecular weight excluding hydrogens is 410 g/mol. The molecule has 0 aromatic heterocycles. The summed E-state index contributed by atoms with van der Waals surface area (Å²) in [6.45, 7) is 8.44. The summed E-state index contributed by atoms with van der Waals surface area (Å²) in [6, 6.07) is 15.1. The summed E-state index contributed by atoms with van der Waals surface area (Å²) in [5.41, 5.74) is 4.83. The molecule has 33 heavy (non-hydrogen) atoms. The molecule has 2 amide bonds. The number of amides is 2. The quantitative estimate of drug-likeness (QED) is 0.535. The Morgan fingerprint density at radius 1 is 1.03 bits per heavy atom. The Morgan fingerprint density at radius 2 is 1.67 bits per heavy atom. The minimum atomic E-state index is -0.00784. The van der Waals surface area contributed by atoms with Crippen molar-refractivity contribution in [2.75, 3.05) is 32.0 Å². The largest absolute Gasteiger partial charge is 0.339 e. The first kappa shape index (κ1) is 25.0. The minimum absolute atomic E-state index is 0.00784. The molecule has 0 spiro atoms. The van der Waals surface area contributed by atoms with E-state index in [1.165, 1.54) is 18.4 Å². The number of carbonyl (C=O) groups is 2. The Bertz CT molecular complexity index is 910. The highest BCUT2D eigenvalue weighted by molar-refractivity contribution is 5.97. The van der Waals surface area contributed by atoms with Gasteiger partial charge in [-0.15, -0.1) is 0 Å². The van der Waals surface area contributed by atoms with Gasteiger partial charge in [-0.25, -0.2) is 0 Å². The first-order valence-corrected chi connectivity index (χ1v) is 12.3. The van der Waals surface area contributed by atoms with Crippen molar-refractivity contribution in [1.82, 2.24) is 9.80 Å². The van der Waals surface area contributed by atoms with Crippen LogP contribution in [0.1, 0.15) is 66.1 Å². The fourth-order valence-electron chi connectivity index (χ4n) is 4.72. The predicted octanol–water partition coefficient (Wildman–Crippen LogP) is 5.21. The molecule has 0 radical (unpaired) electrons. The highest BCUT2D eigenvalue weighted by Crippen LogP contribution is 2.25. The Hall–Kier alpha value is -2.66. The van der Waals surface area contributed by atoms with Gasteiger partial charge < -0.3 is 15.1 Å². The molecule has 3 rings (SSSR count). The molecule has 1 aliphatic heterocycles. The average Bonchev–Trinajstić information content (AvgIpc) is 2.84. The lowest BCUT2D eigenvalue weighted by Crippen LogP contribution is -2.45. The molecular formula is C28H39N3O2. The summed E-state index contributed by atoms with van der Waals surface area (Å²) in [5.74, 6) is 0.0880. The van der Waals surface area contributed by atoms with Crippen LogP contribution in [-0.4, -0.2) is 54.3 Å². The number of benzene rings is 2. The molecule has 2 aromatic rings. The Balaban J connectivity index is 1.47. The van der Waals surface area contributed by atoms with Crippen molar-refractivity contribution in [2.24, 2.45) is 0 Å². The predicted molar refractivity (Wildman–Crippen MR) is 136 cm³/mol. The van der Waals surface area contributed by atoms with Gasteiger partial charge in [0.1, 0.15) is 0 Å². The van der Waals surface area contributed by atoms with E-state index in [1.54, 1.807) is 0 Å². The van der Waals surface area contributed by atoms with Gasteiger partial charge in [0.05, 0.1) is 0 Å². The van der Waals surface area contributed by atoms with E-state index in [0.29, 0.717) is 18.0 Å². The molecule has 0 saturated carbocycles. The Morgan fingerprint density at radius 3 is 2.27 bits per heavy atom. The van der Waals surface area contributed by atoms with Crippen molar-refractivity contribution in [3.8, 4) is 0 Å². The van der Waals surface area contributed by atoms with Crippen LogP contribution in [-0.2, 0) is 11.2 Å². The van der Waals surface area contributed by atoms with Crippen LogP contribution in [0.5, 0.6) is 0 Å². The van der Waals surface area contributed by atoms with E-state index >= 15 is 0 Å². The maximum absolute atomic E-state index is 13.1. The highest BCUT2D eigenvalue weighted by atomic mass is 16.2. The molecule has 5 heteroatoms. The topological polar surface area (TPSA) is 52.7 Å². The number of rotatable bonds is 9. The monoisotopic (exact) mass is 449 g/mol. The van der Waals surface area contributed by atoms with E-state index in [9.17, 15) is 9.59 Å². The van der Waals surface area contributed by atoms with E-state index in [2.05, 4.69) is 47.6 Å². The summed E-state index contributed by atoms with van der Waals surface area (Å²) in [6.07, 6.45) is 6.02. The van der Waals surface area contributed by atoms with Crippen molar-refractivity contribution in [3.05, 3.63) is 64.7 Å². The third-order valence-electron chi connectivity index (χ3n) is 6.81. The number of carbonyl (C=O) groups excluding carboxylic acids is 2. The van der Waals surface area contributed by atoms with E-state index in [4.69, 9.17) is 0 Å². The van der Waals surface area contributed by atoms with Gasteiger partial charge in [0.15, 0.2) is 0 Å². The molecule has 1 fully saturated rings. The van der Waals surface area contributed by atoms with Gasteiger partial charge in [-0.2, -0.15) is 0 Å². The summed E-state index contributed by atoms with van der Waals surface area (Å²) in [5, 5.41) is 2.95. The number of hydrogen-bond donors (Lipinski definition) is 1. The second-order valence-corrected chi connectivity index (χ2v) is 9.33. The molecule has 0 aliphatic carbocycles. The van der Waals surface area contributed by atoms with Gasteiger partial charge in [-0.05, 0) is 88.4 Å². The normalized spacial score (nSPS) is 14.5. The van der Waals surface area contributed by atoms with Crippen LogP contribution in [0.4, 0.5) is 5.69 Å². The maximum Gasteiger partial charge on any atom is 0.253 e. The molecule has 5 nitrogen and oxygen atoms in total. The first-order chi connectivity index (χ1) is 15.9. The number of nitrogens with zero attached hydrogens (tertiary/aromatic N) is 2. The molecule has 0 atom stereocenters. The average molecular weight is 450 g/mol. The standard InChI is InChI=1S/C28H39N3O2/c1-5-26(32)29-27-21(2)19-24(20-22(27)3)28(33)31-17-14-25(15-18-31)30(4)16-10-9-13-23-11-7-6-8-12-23/h6-8,11-12,19-20,25H,5,9-10,13-18H2,1-4H3,(H,29,32). The number of anilines is 1. The van der Waals surface area contributed by atoms with Crippen LogP contribution in [0, 0.1) is 13.8 Å². The molecule has 1 saturated heterocycles. The summed E-state index contributed by atoms with van der Waals surface area (Å²) in [4.78, 5) is 29.4. The van der Waals surface area contributed by atoms with Crippen molar-refractivity contribution >= 4 is 17.5 Å². The van der Waals surface area contributed by atoms with Gasteiger partial charge in [0, 0.05) is 36.8 Å². The van der Waals surface area contributed by atoms with Gasteiger partial charge in [0.2, 0.25) is 5.91 Å². The van der Waals surface area contributed by atoms with Gasteiger partial charge in [-0.3, -0.25) is 9.59 Å². The molecule has 2 aromatic carbocycles. The molecule has 0 unspecified atom stereocenters. The van der Waals surface area contributed by atoms with Crippen molar-refractivity contribution in [3.63, 3.8) is 0 Å². The zero-order valence-electron chi connectivity index (χ0n) is 20.7. The summed E-state index contributed by atoms with van der Waals surface area (Å²) >= 11 is 0. The number of aryl methyl sites for hydroxylation is 3. The van der Waals surface area contributed by atoms with Crippen molar-refractivity contribution < 1.29 is 9.59 Å². The van der Waals surface area contributed by atoms with E-state index < -0.39 is 0 Å². The van der Waals surface area contributed by atoms with E-state index in [0.717, 1.165) is 55.7 Å². The lowest BCUT2D eigenvalue weighted by Gasteiger charge is -2.37. The van der Waals surface area contributed by atoms with Gasteiger partial charge in [-0.1, -0.05) is 37.3 Å². The van der Waals surface area contributed by atoms with Crippen molar-refractivity contribution in [1.29, 1.82) is 0 Å². The highest BCUT2D eigenvalue weighted by Gasteiger charge is 2.26. The number of hydrogen-bond acceptors (Lipinski definition) is 3. The van der Waals surface area contributed by atoms with Gasteiger partial charge >= 0.3 is 0 Å². The number of piperidine rings is 1. The summed E-state index contributed by atoms with van der Waals surface area (Å²) in [7, 11) is 2.22. The van der Waals surface area contributed by atoms with Crippen LogP contribution >= 0.6 is 0 Å². The van der Waals surface area contributed by atoms with Crippen LogP contribution in [0.2, 0.25) is 0 Å². The second-order valence-electron chi connectivity index (χ2n) is 9.33. The van der Waals surface area contributed by atoms with Gasteiger partial charge in [0.25, 0.3) is 5.91 Å². The zero-order chi connectivity index (χ0) is 23.8. The smallest absolute Gasteiger partial charge is 0.253 e. The first-order valence-electron chi connectivity index (χ1n) is 12.3. The minimum Gasteiger partial charge on any atom is -0.339 e. The van der Waals surface area contributed by atoms with Crippen LogP contribution in [0.15, 0.2) is 42.5 Å². The van der Waals surface area contributed by atoms with Crippen LogP contribution in [0.25, 0.3) is 0 Å². The molecule has 178 valence electrons. The lowest BCUT2D eigenvalue weighted by molar-refractivity contribution is -0.115. The third kappa shape index (κ3) is 6.91. The number of unbranched alkanes of at least 4 members (excludes halogenated alkanes) is 1. The zero-order valence-corrected chi connectivity index (χ0v) is 20.7. The lowest BCUT2D eigenvalue weighted by atomic mass is 10.00.